The first kappa shape index (κ1) is 13.3. The van der Waals surface area contributed by atoms with Gasteiger partial charge in [0, 0.05) is 22.2 Å². The minimum atomic E-state index is -0.310. The first-order valence-electron chi connectivity index (χ1n) is 4.82. The van der Waals surface area contributed by atoms with Gasteiger partial charge >= 0.3 is 0 Å². The second-order valence-electron chi connectivity index (χ2n) is 3.22. The van der Waals surface area contributed by atoms with Gasteiger partial charge in [-0.2, -0.15) is 0 Å². The van der Waals surface area contributed by atoms with Gasteiger partial charge < -0.3 is 5.73 Å². The first-order chi connectivity index (χ1) is 7.63. The van der Waals surface area contributed by atoms with Gasteiger partial charge in [-0.3, -0.25) is 10.1 Å². The molecule has 0 fully saturated rings. The van der Waals surface area contributed by atoms with Crippen LogP contribution in [0.5, 0.6) is 0 Å². The van der Waals surface area contributed by atoms with E-state index < -0.39 is 0 Å². The predicted octanol–water partition coefficient (Wildman–Crippen LogP) is 2.35. The summed E-state index contributed by atoms with van der Waals surface area (Å²) in [6, 6.07) is 7.16. The van der Waals surface area contributed by atoms with Crippen molar-refractivity contribution in [3.8, 4) is 0 Å². The van der Waals surface area contributed by atoms with Crippen LogP contribution in [0.1, 0.15) is 10.8 Å². The fourth-order valence-electron chi connectivity index (χ4n) is 1.31. The van der Waals surface area contributed by atoms with Gasteiger partial charge in [0.1, 0.15) is 0 Å². The van der Waals surface area contributed by atoms with Crippen LogP contribution in [0.3, 0.4) is 0 Å². The maximum absolute atomic E-state index is 10.6. The van der Waals surface area contributed by atoms with Crippen LogP contribution in [-0.2, 0) is 0 Å². The summed E-state index contributed by atoms with van der Waals surface area (Å²) in [5, 5.41) is 11.0. The van der Waals surface area contributed by atoms with Crippen molar-refractivity contribution in [2.24, 2.45) is 5.73 Å². The van der Waals surface area contributed by atoms with E-state index in [0.29, 0.717) is 17.3 Å². The van der Waals surface area contributed by atoms with Crippen molar-refractivity contribution in [3.05, 3.63) is 45.0 Å². The average molecular weight is 261 g/mol. The van der Waals surface area contributed by atoms with Crippen LogP contribution in [0.2, 0.25) is 5.02 Å². The first-order valence-corrected chi connectivity index (χ1v) is 6.25. The Balaban J connectivity index is 2.78. The molecule has 0 aliphatic rings. The molecule has 0 saturated heterocycles. The quantitative estimate of drug-likeness (QED) is 0.630. The lowest BCUT2D eigenvalue weighted by atomic mass is 10.1. The molecule has 0 saturated carbocycles. The normalized spacial score (nSPS) is 12.4. The molecular weight excluding hydrogens is 248 g/mol. The predicted molar refractivity (Wildman–Crippen MR) is 67.6 cm³/mol. The van der Waals surface area contributed by atoms with E-state index in [2.05, 4.69) is 0 Å². The van der Waals surface area contributed by atoms with Crippen molar-refractivity contribution in [1.29, 1.82) is 0 Å². The van der Waals surface area contributed by atoms with E-state index in [4.69, 9.17) is 17.3 Å². The van der Waals surface area contributed by atoms with Crippen LogP contribution in [0.15, 0.2) is 24.3 Å². The fourth-order valence-corrected chi connectivity index (χ4v) is 2.49. The fraction of sp³-hybridized carbons (Fsp3) is 0.400. The van der Waals surface area contributed by atoms with E-state index in [1.165, 1.54) is 11.8 Å². The Hall–Kier alpha value is -0.780. The zero-order valence-corrected chi connectivity index (χ0v) is 10.2. The van der Waals surface area contributed by atoms with Gasteiger partial charge in [-0.15, -0.1) is 11.8 Å². The molecule has 0 amide bonds. The van der Waals surface area contributed by atoms with Crippen LogP contribution in [0, 0.1) is 10.1 Å². The van der Waals surface area contributed by atoms with Crippen LogP contribution < -0.4 is 5.73 Å². The molecule has 6 heteroatoms. The standard InChI is InChI=1S/C10H13ClN2O2S/c11-9-3-1-2-8(6-9)10(7-13(14)15)16-5-4-12/h1-3,6,10H,4-5,7,12H2. The molecule has 1 atom stereocenters. The number of nitro groups is 1. The van der Waals surface area contributed by atoms with E-state index in [9.17, 15) is 10.1 Å². The molecule has 1 unspecified atom stereocenters. The van der Waals surface area contributed by atoms with E-state index in [1.807, 2.05) is 6.07 Å². The number of hydrogen-bond acceptors (Lipinski definition) is 4. The van der Waals surface area contributed by atoms with Gasteiger partial charge in [-0.25, -0.2) is 0 Å². The van der Waals surface area contributed by atoms with Crippen LogP contribution in [0.25, 0.3) is 0 Å². The zero-order chi connectivity index (χ0) is 12.0. The average Bonchev–Trinajstić information content (AvgIpc) is 2.23. The van der Waals surface area contributed by atoms with Crippen LogP contribution in [0.4, 0.5) is 0 Å². The lowest BCUT2D eigenvalue weighted by molar-refractivity contribution is -0.479. The molecule has 2 N–H and O–H groups in total. The Kier molecular flexibility index (Phi) is 5.59. The van der Waals surface area contributed by atoms with Gasteiger partial charge in [-0.05, 0) is 17.7 Å². The number of benzene rings is 1. The second-order valence-corrected chi connectivity index (χ2v) is 4.97. The second kappa shape index (κ2) is 6.73. The van der Waals surface area contributed by atoms with E-state index in [0.717, 1.165) is 5.56 Å². The van der Waals surface area contributed by atoms with Crippen molar-refractivity contribution in [3.63, 3.8) is 0 Å². The largest absolute Gasteiger partial charge is 0.330 e. The Labute approximate surface area is 103 Å². The Morgan fingerprint density at radius 1 is 1.56 bits per heavy atom. The number of hydrogen-bond donors (Lipinski definition) is 1. The van der Waals surface area contributed by atoms with E-state index in [1.54, 1.807) is 18.2 Å². The summed E-state index contributed by atoms with van der Waals surface area (Å²) in [5.41, 5.74) is 6.28. The van der Waals surface area contributed by atoms with Gasteiger partial charge in [-0.1, -0.05) is 23.7 Å². The molecule has 1 rings (SSSR count). The summed E-state index contributed by atoms with van der Waals surface area (Å²) < 4.78 is 0. The highest BCUT2D eigenvalue weighted by Gasteiger charge is 2.18. The topological polar surface area (TPSA) is 69.2 Å². The molecule has 0 aliphatic heterocycles. The van der Waals surface area contributed by atoms with Gasteiger partial charge in [0.15, 0.2) is 0 Å². The molecule has 0 aromatic heterocycles. The summed E-state index contributed by atoms with van der Waals surface area (Å²) in [6.45, 7) is 0.407. The molecule has 0 spiro atoms. The summed E-state index contributed by atoms with van der Waals surface area (Å²) in [6.07, 6.45) is 0. The summed E-state index contributed by atoms with van der Waals surface area (Å²) in [5.74, 6) is 0.699. The maximum Gasteiger partial charge on any atom is 0.219 e. The minimum Gasteiger partial charge on any atom is -0.330 e. The van der Waals surface area contributed by atoms with Gasteiger partial charge in [0.25, 0.3) is 0 Å². The summed E-state index contributed by atoms with van der Waals surface area (Å²) in [7, 11) is 0. The van der Waals surface area contributed by atoms with Gasteiger partial charge in [0.05, 0.1) is 5.25 Å². The van der Waals surface area contributed by atoms with Crippen LogP contribution >= 0.6 is 23.4 Å². The number of nitrogens with zero attached hydrogens (tertiary/aromatic N) is 1. The summed E-state index contributed by atoms with van der Waals surface area (Å²) >= 11 is 7.34. The Morgan fingerprint density at radius 2 is 2.31 bits per heavy atom. The molecule has 1 aromatic rings. The molecule has 0 radical (unpaired) electrons. The smallest absolute Gasteiger partial charge is 0.219 e. The lowest BCUT2D eigenvalue weighted by Crippen LogP contribution is -2.12. The van der Waals surface area contributed by atoms with E-state index >= 15 is 0 Å². The maximum atomic E-state index is 10.6. The third-order valence-electron chi connectivity index (χ3n) is 1.97. The molecule has 0 aliphatic carbocycles. The third-order valence-corrected chi connectivity index (χ3v) is 3.50. The molecule has 16 heavy (non-hydrogen) atoms. The van der Waals surface area contributed by atoms with Crippen LogP contribution in [-0.4, -0.2) is 23.8 Å². The highest BCUT2D eigenvalue weighted by atomic mass is 35.5. The summed E-state index contributed by atoms with van der Waals surface area (Å²) in [4.78, 5) is 10.2. The highest BCUT2D eigenvalue weighted by Crippen LogP contribution is 2.30. The molecule has 88 valence electrons. The van der Waals surface area contributed by atoms with Crippen molar-refractivity contribution in [1.82, 2.24) is 0 Å². The van der Waals surface area contributed by atoms with Crippen molar-refractivity contribution < 1.29 is 4.92 Å². The number of halogens is 1. The lowest BCUT2D eigenvalue weighted by Gasteiger charge is -2.12. The molecular formula is C10H13ClN2O2S. The monoisotopic (exact) mass is 260 g/mol. The molecule has 0 bridgehead atoms. The van der Waals surface area contributed by atoms with Crippen molar-refractivity contribution in [2.45, 2.75) is 5.25 Å². The minimum absolute atomic E-state index is 0.106. The number of nitrogens with two attached hydrogens (primary N) is 1. The Morgan fingerprint density at radius 3 is 2.88 bits per heavy atom. The SMILES string of the molecule is NCCSC(C[N+](=O)[O-])c1cccc(Cl)c1. The molecule has 0 heterocycles. The molecule has 4 nitrogen and oxygen atoms in total. The van der Waals surface area contributed by atoms with Gasteiger partial charge in [0.2, 0.25) is 6.54 Å². The van der Waals surface area contributed by atoms with Crippen molar-refractivity contribution in [2.75, 3.05) is 18.8 Å². The number of rotatable bonds is 6. The Bertz CT molecular complexity index is 362. The third kappa shape index (κ3) is 4.38. The number of thioether (sulfide) groups is 1. The van der Waals surface area contributed by atoms with E-state index in [-0.39, 0.29) is 16.7 Å². The molecule has 1 aromatic carbocycles. The zero-order valence-electron chi connectivity index (χ0n) is 8.64. The highest BCUT2D eigenvalue weighted by molar-refractivity contribution is 7.99. The van der Waals surface area contributed by atoms with Crippen molar-refractivity contribution >= 4 is 23.4 Å².